The molecule has 0 aliphatic carbocycles. The number of nitrogens with zero attached hydrogens (tertiary/aromatic N) is 2. The number of Topliss-reactive ketones (excluding diaryl/α,β-unsaturated/α-hetero) is 1. The van der Waals surface area contributed by atoms with E-state index in [1.807, 2.05) is 75.1 Å². The molecular formula is C35H54N5O7S+. The number of hydroxylamine groups is 1. The van der Waals surface area contributed by atoms with Gasteiger partial charge in [-0.3, -0.25) is 34.5 Å². The summed E-state index contributed by atoms with van der Waals surface area (Å²) in [5.41, 5.74) is 4.59. The maximum absolute atomic E-state index is 14.6. The van der Waals surface area contributed by atoms with Crippen molar-refractivity contribution in [2.45, 2.75) is 64.3 Å². The van der Waals surface area contributed by atoms with Crippen molar-refractivity contribution in [3.05, 3.63) is 71.8 Å². The molecule has 1 saturated heterocycles. The lowest BCUT2D eigenvalue weighted by Crippen LogP contribution is -2.64. The van der Waals surface area contributed by atoms with Gasteiger partial charge in [0, 0.05) is 13.1 Å². The van der Waals surface area contributed by atoms with E-state index >= 15 is 0 Å². The predicted molar refractivity (Wildman–Crippen MR) is 186 cm³/mol. The molecule has 266 valence electrons. The van der Waals surface area contributed by atoms with Crippen LogP contribution >= 0.6 is 0 Å². The summed E-state index contributed by atoms with van der Waals surface area (Å²) in [6.45, 7) is 10.5. The van der Waals surface area contributed by atoms with Crippen molar-refractivity contribution in [2.75, 3.05) is 40.3 Å². The quantitative estimate of drug-likeness (QED) is 0.0377. The summed E-state index contributed by atoms with van der Waals surface area (Å²) in [7, 11) is 0.252. The number of amides is 2. The highest BCUT2D eigenvalue weighted by Crippen LogP contribution is 2.38. The zero-order valence-corrected chi connectivity index (χ0v) is 29.9. The Morgan fingerprint density at radius 3 is 2.10 bits per heavy atom. The van der Waals surface area contributed by atoms with Crippen LogP contribution in [0.5, 0.6) is 0 Å². The SMILES string of the molecule is CCCC(CC(C)C)(C(=O)NN)C(=O)[C@@H]([C@H](C/C=C/c1ccccc1)C(=O)NO)N1CC[N+](C)(C)CC1.Cc1ccc(S(=O)(=O)O)cc1. The minimum atomic E-state index is -4.02. The Hall–Kier alpha value is -3.46. The van der Waals surface area contributed by atoms with E-state index < -0.39 is 39.3 Å². The lowest BCUT2D eigenvalue weighted by Gasteiger charge is -2.45. The van der Waals surface area contributed by atoms with Gasteiger partial charge in [-0.2, -0.15) is 8.42 Å². The highest BCUT2D eigenvalue weighted by molar-refractivity contribution is 7.85. The maximum atomic E-state index is 14.6. The minimum Gasteiger partial charge on any atom is -0.326 e. The van der Waals surface area contributed by atoms with E-state index in [1.54, 1.807) is 17.6 Å². The second-order valence-electron chi connectivity index (χ2n) is 13.6. The molecule has 48 heavy (non-hydrogen) atoms. The number of ketones is 1. The Morgan fingerprint density at radius 2 is 1.62 bits per heavy atom. The van der Waals surface area contributed by atoms with Crippen molar-refractivity contribution in [1.82, 2.24) is 15.8 Å². The fourth-order valence-electron chi connectivity index (χ4n) is 6.18. The van der Waals surface area contributed by atoms with Gasteiger partial charge in [0.1, 0.15) is 5.41 Å². The number of quaternary nitrogens is 1. The number of rotatable bonds is 14. The number of benzene rings is 2. The van der Waals surface area contributed by atoms with E-state index in [0.29, 0.717) is 32.4 Å². The van der Waals surface area contributed by atoms with Crippen LogP contribution in [-0.4, -0.2) is 91.5 Å². The number of carbonyl (C=O) groups excluding carboxylic acids is 3. The standard InChI is InChI=1S/C28H45N5O4.C7H8O3S/c1-6-15-28(20-21(2)3,27(36)30-29)25(34)24(32-16-18-33(4,5)19-17-32)23(26(35)31-37)14-10-13-22-11-8-7-9-12-22;1-6-2-4-7(5-3-6)11(8,9)10/h7-13,21,23-24H,6,14-20,29H2,1-5H3,(H2-,30,31,35,36,37);2-5H,1H3,(H,8,9,10)/p+1/b13-10+;/t23-,24+,28?;/m0./s1. The van der Waals surface area contributed by atoms with Crippen molar-refractivity contribution in [3.63, 3.8) is 0 Å². The Kier molecular flexibility index (Phi) is 15.6. The number of likely N-dealkylation sites (N-methyl/N-ethyl adjacent to an activating group) is 1. The molecule has 0 bridgehead atoms. The van der Waals surface area contributed by atoms with Gasteiger partial charge in [-0.15, -0.1) is 0 Å². The summed E-state index contributed by atoms with van der Waals surface area (Å²) in [6.07, 6.45) is 5.23. The van der Waals surface area contributed by atoms with Crippen LogP contribution in [0.3, 0.4) is 0 Å². The minimum absolute atomic E-state index is 0.0495. The first kappa shape index (κ1) is 40.7. The Morgan fingerprint density at radius 1 is 1.04 bits per heavy atom. The van der Waals surface area contributed by atoms with Crippen LogP contribution in [0.1, 0.15) is 57.6 Å². The van der Waals surface area contributed by atoms with E-state index in [1.165, 1.54) is 12.1 Å². The summed E-state index contributed by atoms with van der Waals surface area (Å²) in [6, 6.07) is 14.8. The largest absolute Gasteiger partial charge is 0.326 e. The van der Waals surface area contributed by atoms with Crippen LogP contribution < -0.4 is 16.7 Å². The average molecular weight is 689 g/mol. The molecular weight excluding hydrogens is 634 g/mol. The van der Waals surface area contributed by atoms with Gasteiger partial charge in [0.15, 0.2) is 5.78 Å². The second kappa shape index (κ2) is 18.3. The molecule has 12 nitrogen and oxygen atoms in total. The van der Waals surface area contributed by atoms with Gasteiger partial charge in [0.25, 0.3) is 10.1 Å². The van der Waals surface area contributed by atoms with Crippen LogP contribution in [0.4, 0.5) is 0 Å². The van der Waals surface area contributed by atoms with Crippen molar-refractivity contribution in [3.8, 4) is 0 Å². The molecule has 0 aromatic heterocycles. The summed E-state index contributed by atoms with van der Waals surface area (Å²) < 4.78 is 30.4. The summed E-state index contributed by atoms with van der Waals surface area (Å²) in [5.74, 6) is 3.32. The zero-order valence-electron chi connectivity index (χ0n) is 29.1. The molecule has 1 heterocycles. The van der Waals surface area contributed by atoms with Gasteiger partial charge in [0.05, 0.1) is 44.0 Å². The molecule has 1 aliphatic rings. The van der Waals surface area contributed by atoms with E-state index in [9.17, 15) is 28.0 Å². The molecule has 0 radical (unpaired) electrons. The first-order chi connectivity index (χ1) is 22.5. The topological polar surface area (TPSA) is 179 Å². The van der Waals surface area contributed by atoms with E-state index in [-0.39, 0.29) is 23.0 Å². The lowest BCUT2D eigenvalue weighted by atomic mass is 9.68. The molecule has 1 aliphatic heterocycles. The van der Waals surface area contributed by atoms with E-state index in [0.717, 1.165) is 28.7 Å². The zero-order chi connectivity index (χ0) is 36.1. The van der Waals surface area contributed by atoms with Gasteiger partial charge in [-0.05, 0) is 49.8 Å². The van der Waals surface area contributed by atoms with Gasteiger partial charge < -0.3 is 4.48 Å². The number of hydrazine groups is 1. The van der Waals surface area contributed by atoms with Gasteiger partial charge in [-0.25, -0.2) is 11.3 Å². The van der Waals surface area contributed by atoms with Crippen molar-refractivity contribution in [1.29, 1.82) is 0 Å². The molecule has 1 unspecified atom stereocenters. The van der Waals surface area contributed by atoms with Crippen LogP contribution in [0, 0.1) is 24.2 Å². The number of hydrogen-bond donors (Lipinski definition) is 5. The van der Waals surface area contributed by atoms with Crippen LogP contribution in [0.2, 0.25) is 0 Å². The molecule has 13 heteroatoms. The molecule has 3 atom stereocenters. The lowest BCUT2D eigenvalue weighted by molar-refractivity contribution is -0.894. The Balaban J connectivity index is 0.000000613. The molecule has 2 amide bonds. The monoisotopic (exact) mass is 688 g/mol. The second-order valence-corrected chi connectivity index (χ2v) is 15.0. The number of hydrogen-bond acceptors (Lipinski definition) is 8. The van der Waals surface area contributed by atoms with E-state index in [2.05, 4.69) is 19.5 Å². The molecule has 2 aromatic carbocycles. The summed E-state index contributed by atoms with van der Waals surface area (Å²) in [4.78, 5) is 43.0. The highest BCUT2D eigenvalue weighted by Gasteiger charge is 2.52. The third-order valence-electron chi connectivity index (χ3n) is 8.76. The molecule has 0 spiro atoms. The Bertz CT molecular complexity index is 1470. The van der Waals surface area contributed by atoms with Crippen LogP contribution in [0.15, 0.2) is 65.6 Å². The smallest absolute Gasteiger partial charge is 0.294 e. The van der Waals surface area contributed by atoms with Crippen LogP contribution in [0.25, 0.3) is 6.08 Å². The highest BCUT2D eigenvalue weighted by atomic mass is 32.2. The first-order valence-electron chi connectivity index (χ1n) is 16.3. The van der Waals surface area contributed by atoms with E-state index in [4.69, 9.17) is 10.4 Å². The third-order valence-corrected chi connectivity index (χ3v) is 9.63. The molecule has 2 aromatic rings. The number of nitrogens with one attached hydrogen (secondary N) is 2. The fraction of sp³-hybridized carbons (Fsp3) is 0.514. The predicted octanol–water partition coefficient (Wildman–Crippen LogP) is 3.61. The number of aryl methyl sites for hydroxylation is 1. The van der Waals surface area contributed by atoms with Crippen LogP contribution in [-0.2, 0) is 24.5 Å². The third kappa shape index (κ3) is 11.6. The number of carbonyl (C=O) groups is 3. The first-order valence-corrected chi connectivity index (χ1v) is 17.8. The molecule has 3 rings (SSSR count). The molecule has 1 fully saturated rings. The molecule has 0 saturated carbocycles. The normalized spacial score (nSPS) is 17.5. The number of allylic oxidation sites excluding steroid dienone is 1. The van der Waals surface area contributed by atoms with Crippen molar-refractivity contribution >= 4 is 33.8 Å². The van der Waals surface area contributed by atoms with Gasteiger partial charge in [0.2, 0.25) is 11.8 Å². The van der Waals surface area contributed by atoms with Crippen molar-refractivity contribution < 1.29 is 37.0 Å². The number of piperazine rings is 1. The number of nitrogens with two attached hydrogens (primary N) is 1. The maximum Gasteiger partial charge on any atom is 0.294 e. The summed E-state index contributed by atoms with van der Waals surface area (Å²) in [5, 5.41) is 9.68. The van der Waals surface area contributed by atoms with Gasteiger partial charge >= 0.3 is 0 Å². The Labute approximate surface area is 285 Å². The summed E-state index contributed by atoms with van der Waals surface area (Å²) >= 11 is 0. The van der Waals surface area contributed by atoms with Gasteiger partial charge in [-0.1, -0.05) is 87.4 Å². The average Bonchev–Trinajstić information content (AvgIpc) is 3.04. The van der Waals surface area contributed by atoms with Crippen molar-refractivity contribution in [2.24, 2.45) is 23.1 Å². The fourth-order valence-corrected chi connectivity index (χ4v) is 6.66. The molecule has 6 N–H and O–H groups in total.